The van der Waals surface area contributed by atoms with E-state index in [2.05, 4.69) is 0 Å². The predicted molar refractivity (Wildman–Crippen MR) is 96.4 cm³/mol. The van der Waals surface area contributed by atoms with Crippen LogP contribution < -0.4 is 0 Å². The Kier molecular flexibility index (Phi) is 3.74. The zero-order valence-electron chi connectivity index (χ0n) is 14.4. The number of benzene rings is 2. The average Bonchev–Trinajstić information content (AvgIpc) is 2.93. The average molecular weight is 355 g/mol. The summed E-state index contributed by atoms with van der Waals surface area (Å²) in [6, 6.07) is 15.0. The summed E-state index contributed by atoms with van der Waals surface area (Å²) in [6.45, 7) is 4.81. The van der Waals surface area contributed by atoms with Gasteiger partial charge in [-0.15, -0.1) is 0 Å². The first-order valence-electron chi connectivity index (χ1n) is 8.38. The van der Waals surface area contributed by atoms with Crippen molar-refractivity contribution >= 4 is 10.0 Å². The number of aryl methyl sites for hydroxylation is 1. The molecular formula is C20H21NO3S. The van der Waals surface area contributed by atoms with Gasteiger partial charge in [0.15, 0.2) is 0 Å². The molecule has 1 atom stereocenters. The second-order valence-corrected chi connectivity index (χ2v) is 8.76. The highest BCUT2D eigenvalue weighted by atomic mass is 32.2. The number of ether oxygens (including phenoxy) is 1. The molecule has 5 heteroatoms. The predicted octanol–water partition coefficient (Wildman–Crippen LogP) is 3.72. The molecule has 25 heavy (non-hydrogen) atoms. The molecule has 0 aromatic heterocycles. The van der Waals surface area contributed by atoms with Crippen LogP contribution >= 0.6 is 0 Å². The van der Waals surface area contributed by atoms with Crippen LogP contribution in [0.25, 0.3) is 0 Å². The highest BCUT2D eigenvalue weighted by Gasteiger charge is 2.50. The van der Waals surface area contributed by atoms with Crippen molar-refractivity contribution in [2.24, 2.45) is 0 Å². The van der Waals surface area contributed by atoms with Crippen LogP contribution in [0, 0.1) is 6.92 Å². The van der Waals surface area contributed by atoms with Gasteiger partial charge in [0, 0.05) is 12.6 Å². The largest absolute Gasteiger partial charge is 0.374 e. The Hall–Kier alpha value is -2.11. The maximum Gasteiger partial charge on any atom is 0.264 e. The third-order valence-corrected chi connectivity index (χ3v) is 6.87. The van der Waals surface area contributed by atoms with E-state index >= 15 is 0 Å². The number of nitrogens with zero attached hydrogens (tertiary/aromatic N) is 1. The maximum absolute atomic E-state index is 13.4. The van der Waals surface area contributed by atoms with Crippen molar-refractivity contribution in [3.05, 3.63) is 77.0 Å². The highest BCUT2D eigenvalue weighted by molar-refractivity contribution is 7.89. The molecule has 1 spiro atoms. The van der Waals surface area contributed by atoms with E-state index < -0.39 is 15.6 Å². The van der Waals surface area contributed by atoms with Crippen molar-refractivity contribution < 1.29 is 13.2 Å². The Morgan fingerprint density at radius 2 is 1.76 bits per heavy atom. The van der Waals surface area contributed by atoms with Gasteiger partial charge in [-0.05, 0) is 37.1 Å². The lowest BCUT2D eigenvalue weighted by atomic mass is 9.83. The third kappa shape index (κ3) is 2.50. The van der Waals surface area contributed by atoms with E-state index in [1.807, 2.05) is 50.2 Å². The van der Waals surface area contributed by atoms with Crippen LogP contribution in [0.4, 0.5) is 0 Å². The smallest absolute Gasteiger partial charge is 0.264 e. The molecule has 0 radical (unpaired) electrons. The fraction of sp³-hybridized carbons (Fsp3) is 0.300. The normalized spacial score (nSPS) is 22.8. The van der Waals surface area contributed by atoms with Crippen molar-refractivity contribution in [3.63, 3.8) is 0 Å². The molecular weight excluding hydrogens is 334 g/mol. The van der Waals surface area contributed by atoms with Crippen LogP contribution in [0.2, 0.25) is 0 Å². The number of fused-ring (bicyclic) bond motifs is 2. The molecule has 0 aliphatic carbocycles. The van der Waals surface area contributed by atoms with E-state index in [-0.39, 0.29) is 0 Å². The Bertz CT molecular complexity index is 947. The second kappa shape index (κ2) is 5.71. The van der Waals surface area contributed by atoms with Crippen LogP contribution in [0.1, 0.15) is 30.0 Å². The molecule has 2 aliphatic heterocycles. The van der Waals surface area contributed by atoms with Gasteiger partial charge >= 0.3 is 0 Å². The lowest BCUT2D eigenvalue weighted by molar-refractivity contribution is 0.0197. The summed E-state index contributed by atoms with van der Waals surface area (Å²) in [6.07, 6.45) is 2.41. The van der Waals surface area contributed by atoms with Crippen molar-refractivity contribution in [2.75, 3.05) is 6.61 Å². The topological polar surface area (TPSA) is 46.6 Å². The van der Waals surface area contributed by atoms with Gasteiger partial charge in [0.05, 0.1) is 18.1 Å². The molecule has 0 bridgehead atoms. The van der Waals surface area contributed by atoms with Crippen LogP contribution in [-0.2, 0) is 26.9 Å². The Morgan fingerprint density at radius 1 is 1.04 bits per heavy atom. The molecule has 4 rings (SSSR count). The number of sulfonamides is 1. The molecule has 0 saturated carbocycles. The number of rotatable bonds is 2. The maximum atomic E-state index is 13.4. The lowest BCUT2D eigenvalue weighted by Crippen LogP contribution is -2.49. The number of hydrogen-bond donors (Lipinski definition) is 0. The highest BCUT2D eigenvalue weighted by Crippen LogP contribution is 2.47. The quantitative estimate of drug-likeness (QED) is 0.825. The second-order valence-electron chi connectivity index (χ2n) is 6.95. The van der Waals surface area contributed by atoms with E-state index in [1.54, 1.807) is 18.3 Å². The summed E-state index contributed by atoms with van der Waals surface area (Å²) in [5.41, 5.74) is 3.48. The zero-order valence-corrected chi connectivity index (χ0v) is 15.2. The molecule has 2 heterocycles. The molecule has 2 aliphatic rings. The molecule has 0 saturated heterocycles. The minimum Gasteiger partial charge on any atom is -0.374 e. The van der Waals surface area contributed by atoms with Crippen molar-refractivity contribution in [3.8, 4) is 0 Å². The summed E-state index contributed by atoms with van der Waals surface area (Å²) in [5.74, 6) is 0. The Balaban J connectivity index is 1.87. The van der Waals surface area contributed by atoms with Crippen molar-refractivity contribution in [1.29, 1.82) is 0 Å². The van der Waals surface area contributed by atoms with E-state index in [9.17, 15) is 8.42 Å². The van der Waals surface area contributed by atoms with Gasteiger partial charge in [-0.3, -0.25) is 4.31 Å². The molecule has 0 fully saturated rings. The summed E-state index contributed by atoms with van der Waals surface area (Å²) < 4.78 is 34.1. The van der Waals surface area contributed by atoms with Gasteiger partial charge in [-0.1, -0.05) is 47.5 Å². The minimum atomic E-state index is -3.66. The van der Waals surface area contributed by atoms with Gasteiger partial charge < -0.3 is 4.74 Å². The lowest BCUT2D eigenvalue weighted by Gasteiger charge is -2.42. The van der Waals surface area contributed by atoms with E-state index in [4.69, 9.17) is 4.74 Å². The Morgan fingerprint density at radius 3 is 2.52 bits per heavy atom. The Labute approximate surface area is 148 Å². The molecule has 130 valence electrons. The summed E-state index contributed by atoms with van der Waals surface area (Å²) in [4.78, 5) is 0.312. The zero-order chi connectivity index (χ0) is 17.7. The van der Waals surface area contributed by atoms with Gasteiger partial charge in [-0.25, -0.2) is 8.42 Å². The van der Waals surface area contributed by atoms with Gasteiger partial charge in [0.25, 0.3) is 10.0 Å². The van der Waals surface area contributed by atoms with Crippen molar-refractivity contribution in [1.82, 2.24) is 4.31 Å². The molecule has 0 N–H and O–H groups in total. The first kappa shape index (κ1) is 16.4. The van der Waals surface area contributed by atoms with E-state index in [1.165, 1.54) is 4.31 Å². The summed E-state index contributed by atoms with van der Waals surface area (Å²) >= 11 is 0. The molecule has 2 aromatic carbocycles. The van der Waals surface area contributed by atoms with Gasteiger partial charge in [0.2, 0.25) is 0 Å². The fourth-order valence-electron chi connectivity index (χ4n) is 3.87. The third-order valence-electron chi connectivity index (χ3n) is 5.03. The van der Waals surface area contributed by atoms with Crippen LogP contribution in [-0.4, -0.2) is 19.3 Å². The van der Waals surface area contributed by atoms with Crippen molar-refractivity contribution in [2.45, 2.75) is 37.3 Å². The molecule has 1 unspecified atom stereocenters. The summed E-state index contributed by atoms with van der Waals surface area (Å²) in [5, 5.41) is 0. The monoisotopic (exact) mass is 355 g/mol. The molecule has 2 aromatic rings. The first-order chi connectivity index (χ1) is 11.9. The van der Waals surface area contributed by atoms with Gasteiger partial charge in [-0.2, -0.15) is 0 Å². The molecule has 4 nitrogen and oxygen atoms in total. The fourth-order valence-corrected chi connectivity index (χ4v) is 5.57. The number of hydrogen-bond acceptors (Lipinski definition) is 3. The van der Waals surface area contributed by atoms with Gasteiger partial charge in [0.1, 0.15) is 5.54 Å². The summed E-state index contributed by atoms with van der Waals surface area (Å²) in [7, 11) is -3.66. The molecule has 0 amide bonds. The van der Waals surface area contributed by atoms with Crippen LogP contribution in [0.5, 0.6) is 0 Å². The van der Waals surface area contributed by atoms with E-state index in [0.717, 1.165) is 22.3 Å². The van der Waals surface area contributed by atoms with E-state index in [0.29, 0.717) is 24.5 Å². The standard InChI is InChI=1S/C20H21NO3S/c1-15-7-9-18(10-8-15)25(22,23)21-12-16(2)11-20(21)14-24-13-17-5-3-4-6-19(17)20/h3-10,12H,11,13-14H2,1-2H3. The van der Waals surface area contributed by atoms with Crippen LogP contribution in [0.15, 0.2) is 65.2 Å². The minimum absolute atomic E-state index is 0.312. The van der Waals surface area contributed by atoms with Crippen LogP contribution in [0.3, 0.4) is 0 Å². The first-order valence-corrected chi connectivity index (χ1v) is 9.82. The SMILES string of the molecule is CC1=CN(S(=O)(=O)c2ccc(C)cc2)C2(COCc3ccccc32)C1.